The Morgan fingerprint density at radius 3 is 2.61 bits per heavy atom. The number of carbonyl (C=O) groups excluding carboxylic acids is 1. The van der Waals surface area contributed by atoms with Crippen LogP contribution in [0.25, 0.3) is 6.08 Å². The van der Waals surface area contributed by atoms with Crippen LogP contribution in [0.4, 0.5) is 0 Å². The number of hydrogen-bond acceptors (Lipinski definition) is 3. The number of rotatable bonds is 3. The lowest BCUT2D eigenvalue weighted by molar-refractivity contribution is -0.124. The fraction of sp³-hybridized carbons (Fsp3) is 0.111. The van der Waals surface area contributed by atoms with Crippen LogP contribution in [0.5, 0.6) is 5.75 Å². The van der Waals surface area contributed by atoms with Crippen molar-refractivity contribution in [1.29, 1.82) is 0 Å². The van der Waals surface area contributed by atoms with Crippen molar-refractivity contribution in [2.24, 2.45) is 5.10 Å². The molecular formula is C18H15BrN2O2. The molecule has 0 N–H and O–H groups in total. The Morgan fingerprint density at radius 1 is 1.17 bits per heavy atom. The van der Waals surface area contributed by atoms with Gasteiger partial charge >= 0.3 is 0 Å². The summed E-state index contributed by atoms with van der Waals surface area (Å²) in [6, 6.07) is 15.3. The third-order valence-electron chi connectivity index (χ3n) is 3.58. The first kappa shape index (κ1) is 15.5. The van der Waals surface area contributed by atoms with E-state index in [4.69, 9.17) is 4.74 Å². The van der Waals surface area contributed by atoms with Crippen LogP contribution in [0.1, 0.15) is 11.1 Å². The van der Waals surface area contributed by atoms with Gasteiger partial charge in [-0.15, -0.1) is 0 Å². The summed E-state index contributed by atoms with van der Waals surface area (Å²) in [5, 5.41) is 5.74. The van der Waals surface area contributed by atoms with Gasteiger partial charge < -0.3 is 4.74 Å². The van der Waals surface area contributed by atoms with Gasteiger partial charge in [-0.1, -0.05) is 46.3 Å². The van der Waals surface area contributed by atoms with Gasteiger partial charge in [-0.25, -0.2) is 5.01 Å². The molecule has 0 saturated carbocycles. The minimum Gasteiger partial charge on any atom is -0.497 e. The van der Waals surface area contributed by atoms with Crippen molar-refractivity contribution >= 4 is 33.6 Å². The molecule has 0 bridgehead atoms. The first-order valence-electron chi connectivity index (χ1n) is 7.08. The standard InChI is InChI=1S/C18H15BrN2O2/c1-21-18(22)15(17(20-21)12-6-4-3-5-7-12)11-13-10-14(23-2)8-9-16(13)19/h3-11H,1-2H3/b15-11-. The van der Waals surface area contributed by atoms with E-state index in [2.05, 4.69) is 21.0 Å². The summed E-state index contributed by atoms with van der Waals surface area (Å²) in [6.45, 7) is 0. The van der Waals surface area contributed by atoms with Gasteiger partial charge in [0.05, 0.1) is 12.7 Å². The number of carbonyl (C=O) groups is 1. The van der Waals surface area contributed by atoms with E-state index in [1.54, 1.807) is 14.2 Å². The maximum absolute atomic E-state index is 12.5. The molecule has 0 unspecified atom stereocenters. The Bertz CT molecular complexity index is 813. The topological polar surface area (TPSA) is 41.9 Å². The van der Waals surface area contributed by atoms with Crippen molar-refractivity contribution < 1.29 is 9.53 Å². The molecule has 2 aromatic rings. The van der Waals surface area contributed by atoms with Gasteiger partial charge in [0.2, 0.25) is 0 Å². The maximum atomic E-state index is 12.5. The molecule has 2 aromatic carbocycles. The monoisotopic (exact) mass is 370 g/mol. The largest absolute Gasteiger partial charge is 0.497 e. The Balaban J connectivity index is 2.09. The minimum atomic E-state index is -0.126. The number of hydrogen-bond donors (Lipinski definition) is 0. The highest BCUT2D eigenvalue weighted by Crippen LogP contribution is 2.28. The molecule has 0 spiro atoms. The van der Waals surface area contributed by atoms with Crippen LogP contribution >= 0.6 is 15.9 Å². The van der Waals surface area contributed by atoms with Crippen molar-refractivity contribution in [3.63, 3.8) is 0 Å². The average molecular weight is 371 g/mol. The van der Waals surface area contributed by atoms with Gasteiger partial charge in [-0.2, -0.15) is 5.10 Å². The van der Waals surface area contributed by atoms with Crippen LogP contribution in [0.2, 0.25) is 0 Å². The second-order valence-corrected chi connectivity index (χ2v) is 5.94. The molecular weight excluding hydrogens is 356 g/mol. The maximum Gasteiger partial charge on any atom is 0.276 e. The van der Waals surface area contributed by atoms with Crippen molar-refractivity contribution in [2.45, 2.75) is 0 Å². The third kappa shape index (κ3) is 3.05. The normalized spacial score (nSPS) is 16.0. The van der Waals surface area contributed by atoms with Crippen LogP contribution in [0, 0.1) is 0 Å². The number of likely N-dealkylation sites (N-methyl/N-ethyl adjacent to an activating group) is 1. The summed E-state index contributed by atoms with van der Waals surface area (Å²) in [5.41, 5.74) is 3.02. The second kappa shape index (κ2) is 6.38. The van der Waals surface area contributed by atoms with Crippen molar-refractivity contribution in [3.8, 4) is 5.75 Å². The Kier molecular flexibility index (Phi) is 4.30. The molecule has 3 rings (SSSR count). The molecule has 0 aromatic heterocycles. The SMILES string of the molecule is COc1ccc(Br)c(/C=C2\C(=O)N(C)N=C2c2ccccc2)c1. The zero-order valence-electron chi connectivity index (χ0n) is 12.8. The van der Waals surface area contributed by atoms with E-state index in [0.717, 1.165) is 21.3 Å². The quantitative estimate of drug-likeness (QED) is 0.772. The van der Waals surface area contributed by atoms with Crippen LogP contribution in [-0.2, 0) is 4.79 Å². The summed E-state index contributed by atoms with van der Waals surface area (Å²) >= 11 is 3.51. The molecule has 0 fully saturated rings. The number of hydrazone groups is 1. The van der Waals surface area contributed by atoms with E-state index in [1.165, 1.54) is 5.01 Å². The molecule has 5 heteroatoms. The number of amides is 1. The fourth-order valence-corrected chi connectivity index (χ4v) is 2.74. The van der Waals surface area contributed by atoms with Crippen molar-refractivity contribution in [3.05, 3.63) is 69.7 Å². The lowest BCUT2D eigenvalue weighted by atomic mass is 10.0. The van der Waals surface area contributed by atoms with Gasteiger partial charge in [0.15, 0.2) is 0 Å². The molecule has 1 aliphatic rings. The highest BCUT2D eigenvalue weighted by molar-refractivity contribution is 9.10. The van der Waals surface area contributed by atoms with Crippen molar-refractivity contribution in [1.82, 2.24) is 5.01 Å². The molecule has 23 heavy (non-hydrogen) atoms. The molecule has 1 heterocycles. The van der Waals surface area contributed by atoms with Crippen LogP contribution in [0.3, 0.4) is 0 Å². The molecule has 0 radical (unpaired) electrons. The first-order chi connectivity index (χ1) is 11.1. The van der Waals surface area contributed by atoms with Crippen LogP contribution in [-0.4, -0.2) is 30.8 Å². The predicted molar refractivity (Wildman–Crippen MR) is 94.4 cm³/mol. The summed E-state index contributed by atoms with van der Waals surface area (Å²) in [6.07, 6.45) is 1.84. The molecule has 0 aliphatic carbocycles. The summed E-state index contributed by atoms with van der Waals surface area (Å²) in [4.78, 5) is 12.5. The lowest BCUT2D eigenvalue weighted by Crippen LogP contribution is -2.17. The first-order valence-corrected chi connectivity index (χ1v) is 7.87. The molecule has 116 valence electrons. The van der Waals surface area contributed by atoms with Gasteiger partial charge in [0.25, 0.3) is 5.91 Å². The van der Waals surface area contributed by atoms with Crippen molar-refractivity contribution in [2.75, 3.05) is 14.2 Å². The van der Waals surface area contributed by atoms with E-state index in [-0.39, 0.29) is 5.91 Å². The van der Waals surface area contributed by atoms with E-state index in [1.807, 2.05) is 54.6 Å². The number of benzene rings is 2. The number of halogens is 1. The summed E-state index contributed by atoms with van der Waals surface area (Å²) < 4.78 is 6.15. The Hall–Kier alpha value is -2.40. The van der Waals surface area contributed by atoms with E-state index < -0.39 is 0 Å². The van der Waals surface area contributed by atoms with E-state index in [9.17, 15) is 4.79 Å². The van der Waals surface area contributed by atoms with E-state index in [0.29, 0.717) is 11.3 Å². The minimum absolute atomic E-state index is 0.126. The highest BCUT2D eigenvalue weighted by atomic mass is 79.9. The molecule has 4 nitrogen and oxygen atoms in total. The second-order valence-electron chi connectivity index (χ2n) is 5.09. The third-order valence-corrected chi connectivity index (χ3v) is 4.30. The fourth-order valence-electron chi connectivity index (χ4n) is 2.38. The van der Waals surface area contributed by atoms with Crippen LogP contribution < -0.4 is 4.74 Å². The Morgan fingerprint density at radius 2 is 1.91 bits per heavy atom. The molecule has 0 saturated heterocycles. The van der Waals surface area contributed by atoms with Gasteiger partial charge in [-0.05, 0) is 29.8 Å². The molecule has 0 atom stereocenters. The predicted octanol–water partition coefficient (Wildman–Crippen LogP) is 3.72. The average Bonchev–Trinajstić information content (AvgIpc) is 2.86. The van der Waals surface area contributed by atoms with Crippen LogP contribution in [0.15, 0.2) is 63.7 Å². The Labute approximate surface area is 143 Å². The lowest BCUT2D eigenvalue weighted by Gasteiger charge is -2.06. The summed E-state index contributed by atoms with van der Waals surface area (Å²) in [7, 11) is 3.28. The molecule has 1 amide bonds. The zero-order valence-corrected chi connectivity index (χ0v) is 14.4. The zero-order chi connectivity index (χ0) is 16.4. The summed E-state index contributed by atoms with van der Waals surface area (Å²) in [5.74, 6) is 0.607. The highest BCUT2D eigenvalue weighted by Gasteiger charge is 2.28. The van der Waals surface area contributed by atoms with Gasteiger partial charge in [-0.3, -0.25) is 4.79 Å². The van der Waals surface area contributed by atoms with Gasteiger partial charge in [0, 0.05) is 17.1 Å². The number of methoxy groups -OCH3 is 1. The number of nitrogens with zero attached hydrogens (tertiary/aromatic N) is 2. The smallest absolute Gasteiger partial charge is 0.276 e. The van der Waals surface area contributed by atoms with Gasteiger partial charge in [0.1, 0.15) is 11.5 Å². The van der Waals surface area contributed by atoms with E-state index >= 15 is 0 Å². The molecule has 1 aliphatic heterocycles. The number of ether oxygens (including phenoxy) is 1.